The number of hydrogen-bond donors (Lipinski definition) is 1. The Hall–Kier alpha value is -4.00. The number of carboxylic acids is 1. The number of aromatic carboxylic acids is 1. The third kappa shape index (κ3) is 6.87. The maximum absolute atomic E-state index is 12.8. The average molecular weight is 428 g/mol. The van der Waals surface area contributed by atoms with Gasteiger partial charge in [-0.1, -0.05) is 0 Å². The minimum atomic E-state index is -1.45. The van der Waals surface area contributed by atoms with Crippen LogP contribution in [0.25, 0.3) is 0 Å². The lowest BCUT2D eigenvalue weighted by atomic mass is 10.2. The van der Waals surface area contributed by atoms with Crippen molar-refractivity contribution in [2.24, 2.45) is 0 Å². The fourth-order valence-electron chi connectivity index (χ4n) is 1.96. The van der Waals surface area contributed by atoms with Crippen molar-refractivity contribution >= 4 is 23.3 Å². The molecule has 0 aliphatic rings. The highest BCUT2D eigenvalue weighted by Crippen LogP contribution is 2.21. The van der Waals surface area contributed by atoms with Crippen molar-refractivity contribution in [2.45, 2.75) is 0 Å². The zero-order valence-corrected chi connectivity index (χ0v) is 15.2. The van der Waals surface area contributed by atoms with E-state index in [2.05, 4.69) is 4.74 Å². The number of methoxy groups -OCH3 is 1. The molecule has 0 bridgehead atoms. The third-order valence-electron chi connectivity index (χ3n) is 3.28. The van der Waals surface area contributed by atoms with Crippen LogP contribution in [0.5, 0.6) is 0 Å². The number of nitro groups is 2. The van der Waals surface area contributed by atoms with Gasteiger partial charge in [-0.3, -0.25) is 20.2 Å². The van der Waals surface area contributed by atoms with Gasteiger partial charge in [0.25, 0.3) is 11.4 Å². The summed E-state index contributed by atoms with van der Waals surface area (Å²) in [7, 11) is 1.42. The minimum Gasteiger partial charge on any atom is -0.477 e. The van der Waals surface area contributed by atoms with Crippen molar-refractivity contribution in [1.82, 2.24) is 0 Å². The second-order valence-corrected chi connectivity index (χ2v) is 5.27. The summed E-state index contributed by atoms with van der Waals surface area (Å²) in [4.78, 5) is 41.0. The minimum absolute atomic E-state index is 0.0239. The topological polar surface area (TPSA) is 159 Å². The molecule has 30 heavy (non-hydrogen) atoms. The Morgan fingerprint density at radius 3 is 1.83 bits per heavy atom. The lowest BCUT2D eigenvalue weighted by Gasteiger charge is -2.04. The molecule has 11 nitrogen and oxygen atoms in total. The van der Waals surface area contributed by atoms with E-state index in [9.17, 15) is 38.6 Å². The number of nitrogens with zero attached hydrogens (tertiary/aromatic N) is 2. The first kappa shape index (κ1) is 24.0. The molecule has 0 aromatic heterocycles. The lowest BCUT2D eigenvalue weighted by Crippen LogP contribution is -2.12. The van der Waals surface area contributed by atoms with Crippen LogP contribution in [0.1, 0.15) is 20.7 Å². The third-order valence-corrected chi connectivity index (χ3v) is 3.28. The van der Waals surface area contributed by atoms with Crippen molar-refractivity contribution in [2.75, 3.05) is 20.3 Å². The predicted octanol–water partition coefficient (Wildman–Crippen LogP) is 2.97. The number of ether oxygens (including phenoxy) is 2. The number of carboxylic acid groups (broad SMARTS) is 1. The summed E-state index contributed by atoms with van der Waals surface area (Å²) in [5.74, 6) is -3.96. The highest BCUT2D eigenvalue weighted by atomic mass is 19.1. The normalized spacial score (nSPS) is 9.83. The Morgan fingerprint density at radius 2 is 1.40 bits per heavy atom. The van der Waals surface area contributed by atoms with Crippen molar-refractivity contribution < 1.29 is 42.8 Å². The van der Waals surface area contributed by atoms with E-state index in [0.29, 0.717) is 12.1 Å². The Bertz CT molecular complexity index is 966. The number of benzene rings is 2. The summed E-state index contributed by atoms with van der Waals surface area (Å²) < 4.78 is 34.6. The van der Waals surface area contributed by atoms with Crippen LogP contribution >= 0.6 is 0 Å². The molecule has 0 aliphatic heterocycles. The molecule has 0 saturated heterocycles. The molecule has 1 N–H and O–H groups in total. The maximum Gasteiger partial charge on any atom is 0.345 e. The van der Waals surface area contributed by atoms with Crippen molar-refractivity contribution in [3.8, 4) is 0 Å². The van der Waals surface area contributed by atoms with Gasteiger partial charge >= 0.3 is 11.9 Å². The van der Waals surface area contributed by atoms with Crippen molar-refractivity contribution in [1.29, 1.82) is 0 Å². The van der Waals surface area contributed by atoms with Crippen LogP contribution in [0.3, 0.4) is 0 Å². The zero-order chi connectivity index (χ0) is 22.8. The molecular weight excluding hydrogens is 414 g/mol. The molecule has 0 fully saturated rings. The Balaban J connectivity index is 0.000000311. The molecule has 0 unspecified atom stereocenters. The summed E-state index contributed by atoms with van der Waals surface area (Å²) in [5, 5.41) is 29.3. The maximum atomic E-state index is 12.8. The van der Waals surface area contributed by atoms with Gasteiger partial charge in [0.1, 0.15) is 29.4 Å². The number of rotatable bonds is 7. The van der Waals surface area contributed by atoms with Crippen LogP contribution in [-0.2, 0) is 9.47 Å². The highest BCUT2D eigenvalue weighted by Gasteiger charge is 2.22. The monoisotopic (exact) mass is 428 g/mol. The molecule has 0 spiro atoms. The number of nitro benzene ring substituents is 2. The van der Waals surface area contributed by atoms with Gasteiger partial charge in [-0.25, -0.2) is 18.4 Å². The van der Waals surface area contributed by atoms with Gasteiger partial charge in [0.2, 0.25) is 0 Å². The zero-order valence-electron chi connectivity index (χ0n) is 15.2. The first-order valence-corrected chi connectivity index (χ1v) is 7.85. The second kappa shape index (κ2) is 11.1. The van der Waals surface area contributed by atoms with Crippen LogP contribution in [0, 0.1) is 31.9 Å². The number of carbonyl (C=O) groups excluding carboxylic acids is 1. The number of hydrogen-bond acceptors (Lipinski definition) is 8. The number of carbonyl (C=O) groups is 2. The van der Waals surface area contributed by atoms with Crippen LogP contribution in [0.15, 0.2) is 36.4 Å². The van der Waals surface area contributed by atoms with Crippen LogP contribution in [0.2, 0.25) is 0 Å². The van der Waals surface area contributed by atoms with Crippen molar-refractivity contribution in [3.63, 3.8) is 0 Å². The Morgan fingerprint density at radius 1 is 0.933 bits per heavy atom. The molecule has 2 aromatic carbocycles. The standard InChI is InChI=1S/C10H10FNO5.C7H4FNO4/c1-16-4-5-17-10(13)8-3-2-7(11)6-9(8)12(14)15;8-4-1-2-5(7(10)11)6(3-4)9(12)13/h2-3,6H,4-5H2,1H3;1-3H,(H,10,11). The van der Waals surface area contributed by atoms with E-state index < -0.39 is 50.4 Å². The van der Waals surface area contributed by atoms with E-state index in [0.717, 1.165) is 24.3 Å². The SMILES string of the molecule is COCCOC(=O)c1ccc(F)cc1[N+](=O)[O-].O=C(O)c1ccc(F)cc1[N+](=O)[O-]. The molecule has 0 aliphatic carbocycles. The molecule has 0 heterocycles. The molecule has 0 amide bonds. The van der Waals surface area contributed by atoms with E-state index in [1.54, 1.807) is 0 Å². The van der Waals surface area contributed by atoms with Gasteiger partial charge in [0.05, 0.1) is 28.6 Å². The van der Waals surface area contributed by atoms with Gasteiger partial charge < -0.3 is 14.6 Å². The fourth-order valence-corrected chi connectivity index (χ4v) is 1.96. The summed E-state index contributed by atoms with van der Waals surface area (Å²) in [6.07, 6.45) is 0. The first-order valence-electron chi connectivity index (χ1n) is 7.85. The predicted molar refractivity (Wildman–Crippen MR) is 95.2 cm³/mol. The molecule has 0 saturated carbocycles. The average Bonchev–Trinajstić information content (AvgIpc) is 2.68. The summed E-state index contributed by atoms with van der Waals surface area (Å²) in [6, 6.07) is 4.94. The van der Waals surface area contributed by atoms with E-state index in [1.165, 1.54) is 7.11 Å². The summed E-state index contributed by atoms with van der Waals surface area (Å²) >= 11 is 0. The van der Waals surface area contributed by atoms with E-state index >= 15 is 0 Å². The molecule has 2 rings (SSSR count). The summed E-state index contributed by atoms with van der Waals surface area (Å²) in [6.45, 7) is 0.157. The van der Waals surface area contributed by atoms with Crippen molar-refractivity contribution in [3.05, 3.63) is 79.4 Å². The van der Waals surface area contributed by atoms with Gasteiger partial charge in [0, 0.05) is 7.11 Å². The van der Waals surface area contributed by atoms with Crippen LogP contribution in [-0.4, -0.2) is 47.2 Å². The fraction of sp³-hybridized carbons (Fsp3) is 0.176. The Labute approximate surface area is 166 Å². The number of halogens is 2. The smallest absolute Gasteiger partial charge is 0.345 e. The van der Waals surface area contributed by atoms with E-state index in [4.69, 9.17) is 9.84 Å². The quantitative estimate of drug-likeness (QED) is 0.303. The molecule has 0 atom stereocenters. The lowest BCUT2D eigenvalue weighted by molar-refractivity contribution is -0.385. The van der Waals surface area contributed by atoms with Gasteiger partial charge in [-0.2, -0.15) is 0 Å². The Kier molecular flexibility index (Phi) is 8.90. The molecular formula is C17H14F2N2O9. The molecule has 0 radical (unpaired) electrons. The van der Waals surface area contributed by atoms with Gasteiger partial charge in [0.15, 0.2) is 0 Å². The second-order valence-electron chi connectivity index (χ2n) is 5.27. The first-order chi connectivity index (χ1) is 14.1. The van der Waals surface area contributed by atoms with E-state index in [-0.39, 0.29) is 18.8 Å². The van der Waals surface area contributed by atoms with Crippen LogP contribution in [0.4, 0.5) is 20.2 Å². The van der Waals surface area contributed by atoms with E-state index in [1.807, 2.05) is 0 Å². The molecule has 2 aromatic rings. The van der Waals surface area contributed by atoms with Gasteiger partial charge in [-0.15, -0.1) is 0 Å². The number of esters is 1. The van der Waals surface area contributed by atoms with Crippen LogP contribution < -0.4 is 0 Å². The molecule has 13 heteroatoms. The molecule has 160 valence electrons. The highest BCUT2D eigenvalue weighted by molar-refractivity contribution is 5.94. The largest absolute Gasteiger partial charge is 0.477 e. The van der Waals surface area contributed by atoms with Gasteiger partial charge in [-0.05, 0) is 24.3 Å². The summed E-state index contributed by atoms with van der Waals surface area (Å²) in [5.41, 5.74) is -2.17.